The maximum absolute atomic E-state index is 13.0. The predicted molar refractivity (Wildman–Crippen MR) is 76.3 cm³/mol. The molecule has 1 amide bonds. The molecule has 0 aromatic heterocycles. The molecular weight excluding hydrogens is 257 g/mol. The van der Waals surface area contributed by atoms with Gasteiger partial charge < -0.3 is 11.5 Å². The number of hydrogen-bond acceptors (Lipinski definition) is 3. The van der Waals surface area contributed by atoms with Crippen molar-refractivity contribution in [1.82, 2.24) is 4.90 Å². The molecule has 4 nitrogen and oxygen atoms in total. The fourth-order valence-electron chi connectivity index (χ4n) is 2.95. The minimum atomic E-state index is -0.258. The molecule has 110 valence electrons. The van der Waals surface area contributed by atoms with Gasteiger partial charge in [-0.1, -0.05) is 12.1 Å². The first kappa shape index (κ1) is 14.9. The van der Waals surface area contributed by atoms with E-state index in [1.807, 2.05) is 0 Å². The van der Waals surface area contributed by atoms with E-state index in [0.717, 1.165) is 18.4 Å². The summed E-state index contributed by atoms with van der Waals surface area (Å²) in [6, 6.07) is 6.73. The maximum Gasteiger partial charge on any atom is 0.221 e. The number of piperidine rings is 1. The summed E-state index contributed by atoms with van der Waals surface area (Å²) >= 11 is 0. The third-order valence-corrected chi connectivity index (χ3v) is 4.21. The summed E-state index contributed by atoms with van der Waals surface area (Å²) in [6.07, 6.45) is 1.75. The molecule has 0 aliphatic carbocycles. The van der Waals surface area contributed by atoms with Crippen LogP contribution in [0.4, 0.5) is 4.39 Å². The predicted octanol–water partition coefficient (Wildman–Crippen LogP) is 1.41. The van der Waals surface area contributed by atoms with Crippen molar-refractivity contribution in [2.75, 3.05) is 13.1 Å². The van der Waals surface area contributed by atoms with Crippen LogP contribution < -0.4 is 11.5 Å². The molecule has 1 heterocycles. The van der Waals surface area contributed by atoms with Crippen molar-refractivity contribution in [2.24, 2.45) is 17.4 Å². The van der Waals surface area contributed by atoms with Crippen LogP contribution in [0, 0.1) is 11.7 Å². The largest absolute Gasteiger partial charge is 0.369 e. The van der Waals surface area contributed by atoms with E-state index >= 15 is 0 Å². The van der Waals surface area contributed by atoms with Crippen molar-refractivity contribution >= 4 is 5.91 Å². The van der Waals surface area contributed by atoms with Gasteiger partial charge in [0.1, 0.15) is 5.82 Å². The smallest absolute Gasteiger partial charge is 0.221 e. The summed E-state index contributed by atoms with van der Waals surface area (Å²) in [4.78, 5) is 13.6. The number of nitrogens with two attached hydrogens (primary N) is 2. The quantitative estimate of drug-likeness (QED) is 0.875. The second-order valence-corrected chi connectivity index (χ2v) is 5.53. The number of amides is 1. The van der Waals surface area contributed by atoms with Gasteiger partial charge in [0.15, 0.2) is 0 Å². The van der Waals surface area contributed by atoms with E-state index in [-0.39, 0.29) is 23.7 Å². The van der Waals surface area contributed by atoms with Gasteiger partial charge in [-0.15, -0.1) is 0 Å². The number of benzene rings is 1. The van der Waals surface area contributed by atoms with Crippen LogP contribution in [-0.2, 0) is 4.79 Å². The standard InChI is InChI=1S/C15H22FN3O/c1-10-2-3-12(15(18)20)9-19(10)14(8-17)11-4-6-13(16)7-5-11/h4-7,10,12,14H,2-3,8-9,17H2,1H3,(H2,18,20). The van der Waals surface area contributed by atoms with E-state index in [9.17, 15) is 9.18 Å². The zero-order valence-corrected chi connectivity index (χ0v) is 11.8. The molecule has 0 bridgehead atoms. The summed E-state index contributed by atoms with van der Waals surface area (Å²) in [5.74, 6) is -0.635. The Morgan fingerprint density at radius 2 is 2.05 bits per heavy atom. The highest BCUT2D eigenvalue weighted by atomic mass is 19.1. The molecule has 2 rings (SSSR count). The van der Waals surface area contributed by atoms with Gasteiger partial charge in [0.2, 0.25) is 5.91 Å². The van der Waals surface area contributed by atoms with Crippen LogP contribution in [0.3, 0.4) is 0 Å². The molecule has 1 fully saturated rings. The Bertz CT molecular complexity index is 463. The Morgan fingerprint density at radius 1 is 1.40 bits per heavy atom. The highest BCUT2D eigenvalue weighted by Crippen LogP contribution is 2.30. The zero-order chi connectivity index (χ0) is 14.7. The molecule has 1 aromatic carbocycles. The van der Waals surface area contributed by atoms with Crippen LogP contribution in [-0.4, -0.2) is 29.9 Å². The van der Waals surface area contributed by atoms with Crippen molar-refractivity contribution in [3.8, 4) is 0 Å². The van der Waals surface area contributed by atoms with Crippen LogP contribution >= 0.6 is 0 Å². The van der Waals surface area contributed by atoms with Gasteiger partial charge in [-0.05, 0) is 37.5 Å². The summed E-state index contributed by atoms with van der Waals surface area (Å²) in [7, 11) is 0. The van der Waals surface area contributed by atoms with Gasteiger partial charge in [0, 0.05) is 25.2 Å². The monoisotopic (exact) mass is 279 g/mol. The van der Waals surface area contributed by atoms with Crippen LogP contribution in [0.1, 0.15) is 31.4 Å². The summed E-state index contributed by atoms with van der Waals surface area (Å²) in [6.45, 7) is 3.18. The van der Waals surface area contributed by atoms with Crippen LogP contribution in [0.25, 0.3) is 0 Å². The third-order valence-electron chi connectivity index (χ3n) is 4.21. The van der Waals surface area contributed by atoms with Crippen LogP contribution in [0.2, 0.25) is 0 Å². The van der Waals surface area contributed by atoms with Gasteiger partial charge in [-0.25, -0.2) is 4.39 Å². The fraction of sp³-hybridized carbons (Fsp3) is 0.533. The van der Waals surface area contributed by atoms with Gasteiger partial charge in [0.05, 0.1) is 5.92 Å². The number of likely N-dealkylation sites (tertiary alicyclic amines) is 1. The summed E-state index contributed by atoms with van der Waals surface area (Å²) in [5, 5.41) is 0. The normalized spacial score (nSPS) is 25.4. The third kappa shape index (κ3) is 3.16. The second-order valence-electron chi connectivity index (χ2n) is 5.53. The minimum Gasteiger partial charge on any atom is -0.369 e. The van der Waals surface area contributed by atoms with E-state index in [1.165, 1.54) is 12.1 Å². The molecule has 1 aromatic rings. The number of rotatable bonds is 4. The lowest BCUT2D eigenvalue weighted by atomic mass is 9.90. The van der Waals surface area contributed by atoms with E-state index in [0.29, 0.717) is 19.1 Å². The molecule has 0 saturated carbocycles. The molecule has 5 heteroatoms. The molecule has 0 spiro atoms. The number of hydrogen-bond donors (Lipinski definition) is 2. The first-order valence-corrected chi connectivity index (χ1v) is 7.03. The molecule has 3 unspecified atom stereocenters. The van der Waals surface area contributed by atoms with Crippen molar-refractivity contribution < 1.29 is 9.18 Å². The summed E-state index contributed by atoms with van der Waals surface area (Å²) < 4.78 is 13.0. The average Bonchev–Trinajstić information content (AvgIpc) is 2.43. The molecule has 4 N–H and O–H groups in total. The van der Waals surface area contributed by atoms with Crippen molar-refractivity contribution in [3.05, 3.63) is 35.6 Å². The lowest BCUT2D eigenvalue weighted by molar-refractivity contribution is -0.124. The van der Waals surface area contributed by atoms with Crippen molar-refractivity contribution in [1.29, 1.82) is 0 Å². The number of carbonyl (C=O) groups is 1. The van der Waals surface area contributed by atoms with Gasteiger partial charge in [-0.3, -0.25) is 9.69 Å². The van der Waals surface area contributed by atoms with Crippen LogP contribution in [0.15, 0.2) is 24.3 Å². The minimum absolute atomic E-state index is 0.00671. The zero-order valence-electron chi connectivity index (χ0n) is 11.8. The van der Waals surface area contributed by atoms with E-state index in [2.05, 4.69) is 11.8 Å². The highest BCUT2D eigenvalue weighted by Gasteiger charge is 2.33. The van der Waals surface area contributed by atoms with Gasteiger partial charge in [-0.2, -0.15) is 0 Å². The molecule has 1 saturated heterocycles. The topological polar surface area (TPSA) is 72.4 Å². The number of halogens is 1. The molecule has 1 aliphatic heterocycles. The highest BCUT2D eigenvalue weighted by molar-refractivity contribution is 5.77. The Kier molecular flexibility index (Phi) is 4.73. The molecular formula is C15H22FN3O. The Labute approximate surface area is 118 Å². The Balaban J connectivity index is 2.20. The Hall–Kier alpha value is -1.46. The number of carbonyl (C=O) groups excluding carboxylic acids is 1. The fourth-order valence-corrected chi connectivity index (χ4v) is 2.95. The first-order chi connectivity index (χ1) is 9.52. The Morgan fingerprint density at radius 3 is 2.60 bits per heavy atom. The van der Waals surface area contributed by atoms with E-state index in [1.54, 1.807) is 12.1 Å². The SMILES string of the molecule is CC1CCC(C(N)=O)CN1C(CN)c1ccc(F)cc1. The average molecular weight is 279 g/mol. The lowest BCUT2D eigenvalue weighted by Crippen LogP contribution is -2.49. The molecule has 20 heavy (non-hydrogen) atoms. The van der Waals surface area contributed by atoms with Gasteiger partial charge in [0.25, 0.3) is 0 Å². The number of primary amides is 1. The lowest BCUT2D eigenvalue weighted by Gasteiger charge is -2.42. The van der Waals surface area contributed by atoms with Crippen molar-refractivity contribution in [2.45, 2.75) is 31.8 Å². The molecule has 1 aliphatic rings. The summed E-state index contributed by atoms with van der Waals surface area (Å²) in [5.41, 5.74) is 12.3. The molecule has 3 atom stereocenters. The van der Waals surface area contributed by atoms with Crippen molar-refractivity contribution in [3.63, 3.8) is 0 Å². The van der Waals surface area contributed by atoms with Gasteiger partial charge >= 0.3 is 0 Å². The first-order valence-electron chi connectivity index (χ1n) is 7.03. The van der Waals surface area contributed by atoms with E-state index < -0.39 is 0 Å². The maximum atomic E-state index is 13.0. The number of nitrogens with zero attached hydrogens (tertiary/aromatic N) is 1. The van der Waals surface area contributed by atoms with E-state index in [4.69, 9.17) is 11.5 Å². The molecule has 0 radical (unpaired) electrons. The van der Waals surface area contributed by atoms with Crippen LogP contribution in [0.5, 0.6) is 0 Å². The second kappa shape index (κ2) is 6.33.